The molecule has 0 amide bonds. The average Bonchev–Trinajstić information content (AvgIpc) is 2.23. The summed E-state index contributed by atoms with van der Waals surface area (Å²) in [6.45, 7) is 4.45. The summed E-state index contributed by atoms with van der Waals surface area (Å²) in [5, 5.41) is 0. The first-order valence-corrected chi connectivity index (χ1v) is 6.75. The van der Waals surface area contributed by atoms with Gasteiger partial charge in [-0.3, -0.25) is 0 Å². The lowest BCUT2D eigenvalue weighted by atomic mass is 9.90. The monoisotopic (exact) mass is 317 g/mol. The van der Waals surface area contributed by atoms with Crippen molar-refractivity contribution in [2.24, 2.45) is 11.7 Å². The number of hydrogen-bond acceptors (Lipinski definition) is 1. The summed E-state index contributed by atoms with van der Waals surface area (Å²) in [4.78, 5) is 0. The molecule has 0 saturated carbocycles. The van der Waals surface area contributed by atoms with Gasteiger partial charge in [-0.1, -0.05) is 38.8 Å². The molecule has 0 saturated heterocycles. The minimum Gasteiger partial charge on any atom is -0.327 e. The second-order valence-corrected chi connectivity index (χ2v) is 5.32. The fourth-order valence-corrected chi connectivity index (χ4v) is 2.31. The van der Waals surface area contributed by atoms with Gasteiger partial charge in [0.15, 0.2) is 0 Å². The third-order valence-corrected chi connectivity index (χ3v) is 3.76. The van der Waals surface area contributed by atoms with Crippen LogP contribution in [-0.2, 0) is 6.42 Å². The molecule has 0 heterocycles. The SMILES string of the molecule is CCC(CC)C(N)Cc1ccc(I)cc1. The lowest BCUT2D eigenvalue weighted by Crippen LogP contribution is -2.31. The third-order valence-electron chi connectivity index (χ3n) is 3.04. The molecular formula is C13H20IN. The maximum absolute atomic E-state index is 6.21. The van der Waals surface area contributed by atoms with Gasteiger partial charge in [-0.2, -0.15) is 0 Å². The van der Waals surface area contributed by atoms with Crippen LogP contribution in [0.15, 0.2) is 24.3 Å². The number of benzene rings is 1. The smallest absolute Gasteiger partial charge is 0.0130 e. The summed E-state index contributed by atoms with van der Waals surface area (Å²) >= 11 is 2.33. The van der Waals surface area contributed by atoms with E-state index in [0.717, 1.165) is 6.42 Å². The van der Waals surface area contributed by atoms with Crippen molar-refractivity contribution in [1.82, 2.24) is 0 Å². The van der Waals surface area contributed by atoms with Gasteiger partial charge in [-0.05, 0) is 52.6 Å². The molecule has 1 nitrogen and oxygen atoms in total. The Morgan fingerprint density at radius 1 is 1.13 bits per heavy atom. The van der Waals surface area contributed by atoms with Crippen LogP contribution in [0.5, 0.6) is 0 Å². The summed E-state index contributed by atoms with van der Waals surface area (Å²) in [6, 6.07) is 8.97. The largest absolute Gasteiger partial charge is 0.327 e. The third kappa shape index (κ3) is 4.11. The average molecular weight is 317 g/mol. The van der Waals surface area contributed by atoms with Crippen molar-refractivity contribution in [2.75, 3.05) is 0 Å². The van der Waals surface area contributed by atoms with E-state index in [-0.39, 0.29) is 0 Å². The Kier molecular flexibility index (Phi) is 5.61. The highest BCUT2D eigenvalue weighted by Gasteiger charge is 2.13. The molecule has 0 aliphatic rings. The van der Waals surface area contributed by atoms with Crippen LogP contribution in [0.1, 0.15) is 32.3 Å². The van der Waals surface area contributed by atoms with Crippen molar-refractivity contribution in [3.8, 4) is 0 Å². The normalized spacial score (nSPS) is 13.1. The van der Waals surface area contributed by atoms with E-state index in [1.165, 1.54) is 22.0 Å². The van der Waals surface area contributed by atoms with Gasteiger partial charge in [0, 0.05) is 9.61 Å². The molecule has 1 atom stereocenters. The van der Waals surface area contributed by atoms with E-state index in [0.29, 0.717) is 12.0 Å². The fourth-order valence-electron chi connectivity index (χ4n) is 1.95. The van der Waals surface area contributed by atoms with Crippen LogP contribution in [-0.4, -0.2) is 6.04 Å². The molecule has 2 N–H and O–H groups in total. The minimum atomic E-state index is 0.306. The molecule has 84 valence electrons. The number of halogens is 1. The maximum Gasteiger partial charge on any atom is 0.0130 e. The second kappa shape index (κ2) is 6.48. The second-order valence-electron chi connectivity index (χ2n) is 4.07. The van der Waals surface area contributed by atoms with Crippen LogP contribution in [0.2, 0.25) is 0 Å². The Bertz CT molecular complexity index is 277. The number of nitrogens with two attached hydrogens (primary N) is 1. The Morgan fingerprint density at radius 3 is 2.13 bits per heavy atom. The molecule has 2 heteroatoms. The highest BCUT2D eigenvalue weighted by molar-refractivity contribution is 14.1. The van der Waals surface area contributed by atoms with Crippen LogP contribution >= 0.6 is 22.6 Å². The summed E-state index contributed by atoms with van der Waals surface area (Å²) in [5.41, 5.74) is 7.56. The van der Waals surface area contributed by atoms with Gasteiger partial charge >= 0.3 is 0 Å². The van der Waals surface area contributed by atoms with Gasteiger partial charge in [0.1, 0.15) is 0 Å². The Morgan fingerprint density at radius 2 is 1.67 bits per heavy atom. The lowest BCUT2D eigenvalue weighted by Gasteiger charge is -2.21. The quantitative estimate of drug-likeness (QED) is 0.825. The van der Waals surface area contributed by atoms with E-state index in [2.05, 4.69) is 60.7 Å². The van der Waals surface area contributed by atoms with Gasteiger partial charge < -0.3 is 5.73 Å². The van der Waals surface area contributed by atoms with Crippen LogP contribution in [0.25, 0.3) is 0 Å². The Balaban J connectivity index is 2.57. The predicted molar refractivity (Wildman–Crippen MR) is 74.9 cm³/mol. The molecule has 0 bridgehead atoms. The molecule has 0 aliphatic carbocycles. The fraction of sp³-hybridized carbons (Fsp3) is 0.538. The lowest BCUT2D eigenvalue weighted by molar-refractivity contribution is 0.393. The molecular weight excluding hydrogens is 297 g/mol. The Hall–Kier alpha value is -0.0900. The zero-order chi connectivity index (χ0) is 11.3. The van der Waals surface area contributed by atoms with E-state index in [4.69, 9.17) is 5.73 Å². The zero-order valence-corrected chi connectivity index (χ0v) is 11.7. The first kappa shape index (κ1) is 13.0. The zero-order valence-electron chi connectivity index (χ0n) is 9.54. The molecule has 0 radical (unpaired) electrons. The molecule has 15 heavy (non-hydrogen) atoms. The van der Waals surface area contributed by atoms with Crippen molar-refractivity contribution < 1.29 is 0 Å². The number of hydrogen-bond donors (Lipinski definition) is 1. The van der Waals surface area contributed by atoms with Crippen molar-refractivity contribution in [3.05, 3.63) is 33.4 Å². The van der Waals surface area contributed by atoms with E-state index >= 15 is 0 Å². The number of rotatable bonds is 5. The highest BCUT2D eigenvalue weighted by atomic mass is 127. The van der Waals surface area contributed by atoms with Gasteiger partial charge in [0.2, 0.25) is 0 Å². The van der Waals surface area contributed by atoms with Gasteiger partial charge in [0.05, 0.1) is 0 Å². The molecule has 1 rings (SSSR count). The van der Waals surface area contributed by atoms with Crippen LogP contribution in [0.3, 0.4) is 0 Å². The first-order chi connectivity index (χ1) is 7.17. The summed E-state index contributed by atoms with van der Waals surface area (Å²) in [7, 11) is 0. The molecule has 0 aromatic heterocycles. The van der Waals surface area contributed by atoms with E-state index in [1.54, 1.807) is 0 Å². The summed E-state index contributed by atoms with van der Waals surface area (Å²) < 4.78 is 1.28. The van der Waals surface area contributed by atoms with Crippen LogP contribution < -0.4 is 5.73 Å². The van der Waals surface area contributed by atoms with E-state index < -0.39 is 0 Å². The molecule has 1 aromatic carbocycles. The van der Waals surface area contributed by atoms with Crippen molar-refractivity contribution in [1.29, 1.82) is 0 Å². The molecule has 0 fully saturated rings. The molecule has 1 unspecified atom stereocenters. The standard InChI is InChI=1S/C13H20IN/c1-3-11(4-2)13(15)9-10-5-7-12(14)8-6-10/h5-8,11,13H,3-4,9,15H2,1-2H3. The van der Waals surface area contributed by atoms with E-state index in [1.807, 2.05) is 0 Å². The Labute approximate surface area is 107 Å². The van der Waals surface area contributed by atoms with Gasteiger partial charge in [-0.25, -0.2) is 0 Å². The highest BCUT2D eigenvalue weighted by Crippen LogP contribution is 2.16. The first-order valence-electron chi connectivity index (χ1n) is 5.67. The van der Waals surface area contributed by atoms with Crippen molar-refractivity contribution >= 4 is 22.6 Å². The topological polar surface area (TPSA) is 26.0 Å². The molecule has 0 aliphatic heterocycles. The van der Waals surface area contributed by atoms with Gasteiger partial charge in [-0.15, -0.1) is 0 Å². The molecule has 1 aromatic rings. The van der Waals surface area contributed by atoms with E-state index in [9.17, 15) is 0 Å². The van der Waals surface area contributed by atoms with Crippen LogP contribution in [0, 0.1) is 9.49 Å². The van der Waals surface area contributed by atoms with Crippen molar-refractivity contribution in [2.45, 2.75) is 39.2 Å². The maximum atomic E-state index is 6.21. The summed E-state index contributed by atoms with van der Waals surface area (Å²) in [5.74, 6) is 0.657. The minimum absolute atomic E-state index is 0.306. The van der Waals surface area contributed by atoms with Crippen LogP contribution in [0.4, 0.5) is 0 Å². The summed E-state index contributed by atoms with van der Waals surface area (Å²) in [6.07, 6.45) is 3.37. The van der Waals surface area contributed by atoms with Crippen molar-refractivity contribution in [3.63, 3.8) is 0 Å². The molecule has 0 spiro atoms. The predicted octanol–water partition coefficient (Wildman–Crippen LogP) is 3.60. The van der Waals surface area contributed by atoms with Gasteiger partial charge in [0.25, 0.3) is 0 Å².